The second kappa shape index (κ2) is 7.27. The van der Waals surface area contributed by atoms with Crippen molar-refractivity contribution >= 4 is 34.7 Å². The lowest BCUT2D eigenvalue weighted by molar-refractivity contribution is 0.102. The molecule has 3 aromatic rings. The van der Waals surface area contributed by atoms with E-state index >= 15 is 0 Å². The molecular weight excluding hydrogens is 343 g/mol. The van der Waals surface area contributed by atoms with Gasteiger partial charge < -0.3 is 10.6 Å². The Labute approximate surface area is 148 Å². The van der Waals surface area contributed by atoms with Crippen molar-refractivity contribution in [2.75, 3.05) is 10.6 Å². The van der Waals surface area contributed by atoms with Crippen LogP contribution >= 0.6 is 11.6 Å². The van der Waals surface area contributed by atoms with Gasteiger partial charge in [-0.3, -0.25) is 4.79 Å². The van der Waals surface area contributed by atoms with Crippen molar-refractivity contribution in [3.05, 3.63) is 76.7 Å². The van der Waals surface area contributed by atoms with Gasteiger partial charge in [0, 0.05) is 10.7 Å². The summed E-state index contributed by atoms with van der Waals surface area (Å²) in [6.45, 7) is 1.91. The average molecular weight is 357 g/mol. The zero-order valence-corrected chi connectivity index (χ0v) is 14.0. The highest BCUT2D eigenvalue weighted by molar-refractivity contribution is 6.30. The lowest BCUT2D eigenvalue weighted by Crippen LogP contribution is -2.15. The fourth-order valence-electron chi connectivity index (χ4n) is 2.17. The number of benzene rings is 2. The first-order chi connectivity index (χ1) is 12.0. The van der Waals surface area contributed by atoms with Gasteiger partial charge >= 0.3 is 0 Å². The Kier molecular flexibility index (Phi) is 4.90. The van der Waals surface area contributed by atoms with Crippen LogP contribution in [0.1, 0.15) is 16.1 Å². The molecule has 1 aromatic heterocycles. The third kappa shape index (κ3) is 4.10. The van der Waals surface area contributed by atoms with Gasteiger partial charge in [-0.25, -0.2) is 4.39 Å². The van der Waals surface area contributed by atoms with Crippen molar-refractivity contribution in [3.63, 3.8) is 0 Å². The van der Waals surface area contributed by atoms with E-state index in [2.05, 4.69) is 20.8 Å². The number of nitrogens with zero attached hydrogens (tertiary/aromatic N) is 2. The van der Waals surface area contributed by atoms with Gasteiger partial charge in [0.15, 0.2) is 11.5 Å². The van der Waals surface area contributed by atoms with Crippen LogP contribution in [-0.2, 0) is 0 Å². The van der Waals surface area contributed by atoms with Crippen LogP contribution in [-0.4, -0.2) is 16.1 Å². The van der Waals surface area contributed by atoms with Crippen LogP contribution in [0.15, 0.2) is 54.6 Å². The van der Waals surface area contributed by atoms with Crippen molar-refractivity contribution in [2.24, 2.45) is 0 Å². The highest BCUT2D eigenvalue weighted by Crippen LogP contribution is 2.22. The minimum Gasteiger partial charge on any atom is -0.339 e. The molecular formula is C18H14ClFN4O. The highest BCUT2D eigenvalue weighted by Gasteiger charge is 2.11. The summed E-state index contributed by atoms with van der Waals surface area (Å²) in [7, 11) is 0. The first-order valence-corrected chi connectivity index (χ1v) is 7.83. The number of aromatic nitrogens is 2. The number of anilines is 3. The smallest absolute Gasteiger partial charge is 0.276 e. The molecule has 2 N–H and O–H groups in total. The Morgan fingerprint density at radius 3 is 2.52 bits per heavy atom. The number of nitrogens with one attached hydrogen (secondary N) is 2. The van der Waals surface area contributed by atoms with Crippen LogP contribution in [0.5, 0.6) is 0 Å². The predicted octanol–water partition coefficient (Wildman–Crippen LogP) is 4.57. The maximum Gasteiger partial charge on any atom is 0.276 e. The van der Waals surface area contributed by atoms with E-state index in [1.807, 2.05) is 19.1 Å². The number of amides is 1. The molecule has 0 aliphatic heterocycles. The van der Waals surface area contributed by atoms with E-state index in [9.17, 15) is 9.18 Å². The average Bonchev–Trinajstić information content (AvgIpc) is 2.60. The van der Waals surface area contributed by atoms with Gasteiger partial charge in [-0.1, -0.05) is 23.7 Å². The number of aryl methyl sites for hydroxylation is 1. The van der Waals surface area contributed by atoms with Crippen LogP contribution in [0, 0.1) is 12.7 Å². The van der Waals surface area contributed by atoms with Gasteiger partial charge in [0.25, 0.3) is 5.91 Å². The van der Waals surface area contributed by atoms with Crippen molar-refractivity contribution < 1.29 is 9.18 Å². The van der Waals surface area contributed by atoms with Crippen molar-refractivity contribution in [1.82, 2.24) is 10.2 Å². The third-order valence-corrected chi connectivity index (χ3v) is 3.71. The number of carbonyl (C=O) groups is 1. The number of para-hydroxylation sites is 1. The molecule has 1 heterocycles. The van der Waals surface area contributed by atoms with Crippen LogP contribution in [0.25, 0.3) is 0 Å². The van der Waals surface area contributed by atoms with Crippen LogP contribution in [0.4, 0.5) is 21.6 Å². The molecule has 0 saturated carbocycles. The Balaban J connectivity index is 1.71. The predicted molar refractivity (Wildman–Crippen MR) is 95.9 cm³/mol. The molecule has 3 rings (SSSR count). The minimum atomic E-state index is -0.535. The molecule has 0 radical (unpaired) electrons. The first kappa shape index (κ1) is 16.9. The fraction of sp³-hybridized carbons (Fsp3) is 0.0556. The van der Waals surface area contributed by atoms with E-state index in [1.165, 1.54) is 18.2 Å². The van der Waals surface area contributed by atoms with E-state index in [4.69, 9.17) is 11.6 Å². The number of hydrogen-bond acceptors (Lipinski definition) is 4. The first-order valence-electron chi connectivity index (χ1n) is 7.46. The molecule has 0 bridgehead atoms. The zero-order valence-electron chi connectivity index (χ0n) is 13.3. The van der Waals surface area contributed by atoms with Crippen LogP contribution < -0.4 is 10.6 Å². The number of hydrogen-bond donors (Lipinski definition) is 2. The summed E-state index contributed by atoms with van der Waals surface area (Å²) in [6, 6.07) is 14.5. The second-order valence-electron chi connectivity index (χ2n) is 5.32. The molecule has 5 nitrogen and oxygen atoms in total. The van der Waals surface area contributed by atoms with Crippen molar-refractivity contribution in [1.29, 1.82) is 0 Å². The van der Waals surface area contributed by atoms with Crippen LogP contribution in [0.3, 0.4) is 0 Å². The maximum atomic E-state index is 13.6. The van der Waals surface area contributed by atoms with Gasteiger partial charge in [0.2, 0.25) is 0 Å². The molecule has 0 aliphatic carbocycles. The Hall–Kier alpha value is -2.99. The summed E-state index contributed by atoms with van der Waals surface area (Å²) in [5.41, 5.74) is 1.97. The molecule has 0 atom stereocenters. The van der Waals surface area contributed by atoms with Crippen molar-refractivity contribution in [3.8, 4) is 0 Å². The lowest BCUT2D eigenvalue weighted by Gasteiger charge is -2.09. The normalized spacial score (nSPS) is 10.4. The SMILES string of the molecule is Cc1cc(Cl)ccc1Nc1ccc(C(=O)Nc2ccccc2F)nn1. The molecule has 7 heteroatoms. The number of carbonyl (C=O) groups excluding carboxylic acids is 1. The molecule has 0 saturated heterocycles. The molecule has 25 heavy (non-hydrogen) atoms. The van der Waals surface area contributed by atoms with Gasteiger partial charge in [-0.2, -0.15) is 0 Å². The van der Waals surface area contributed by atoms with Crippen LogP contribution in [0.2, 0.25) is 5.02 Å². The topological polar surface area (TPSA) is 66.9 Å². The number of rotatable bonds is 4. The molecule has 0 spiro atoms. The van der Waals surface area contributed by atoms with E-state index in [-0.39, 0.29) is 11.4 Å². The second-order valence-corrected chi connectivity index (χ2v) is 5.76. The largest absolute Gasteiger partial charge is 0.339 e. The zero-order chi connectivity index (χ0) is 17.8. The van der Waals surface area contributed by atoms with Crippen molar-refractivity contribution in [2.45, 2.75) is 6.92 Å². The third-order valence-electron chi connectivity index (χ3n) is 3.47. The Bertz CT molecular complexity index is 915. The van der Waals surface area contributed by atoms with Gasteiger partial charge in [-0.15, -0.1) is 10.2 Å². The summed E-state index contributed by atoms with van der Waals surface area (Å²) >= 11 is 5.93. The molecule has 1 amide bonds. The quantitative estimate of drug-likeness (QED) is 0.718. The number of halogens is 2. The van der Waals surface area contributed by atoms with Gasteiger partial charge in [0.05, 0.1) is 5.69 Å². The Morgan fingerprint density at radius 1 is 1.04 bits per heavy atom. The Morgan fingerprint density at radius 2 is 1.84 bits per heavy atom. The summed E-state index contributed by atoms with van der Waals surface area (Å²) in [4.78, 5) is 12.1. The maximum absolute atomic E-state index is 13.6. The summed E-state index contributed by atoms with van der Waals surface area (Å²) < 4.78 is 13.6. The lowest BCUT2D eigenvalue weighted by atomic mass is 10.2. The van der Waals surface area contributed by atoms with Gasteiger partial charge in [0.1, 0.15) is 5.82 Å². The summed E-state index contributed by atoms with van der Waals surface area (Å²) in [5, 5.41) is 14.1. The van der Waals surface area contributed by atoms with E-state index in [0.29, 0.717) is 10.8 Å². The molecule has 0 unspecified atom stereocenters. The standard InChI is InChI=1S/C18H14ClFN4O/c1-11-10-12(19)6-7-14(11)21-17-9-8-16(23-24-17)18(25)22-15-5-3-2-4-13(15)20/h2-10H,1H3,(H,21,24)(H,22,25). The summed E-state index contributed by atoms with van der Waals surface area (Å²) in [5.74, 6) is -0.569. The fourth-order valence-corrected chi connectivity index (χ4v) is 2.40. The minimum absolute atomic E-state index is 0.0848. The molecule has 0 fully saturated rings. The molecule has 126 valence electrons. The molecule has 2 aromatic carbocycles. The van der Waals surface area contributed by atoms with E-state index < -0.39 is 11.7 Å². The summed E-state index contributed by atoms with van der Waals surface area (Å²) in [6.07, 6.45) is 0. The van der Waals surface area contributed by atoms with Gasteiger partial charge in [-0.05, 0) is 55.0 Å². The van der Waals surface area contributed by atoms with E-state index in [0.717, 1.165) is 11.3 Å². The highest BCUT2D eigenvalue weighted by atomic mass is 35.5. The molecule has 0 aliphatic rings. The monoisotopic (exact) mass is 356 g/mol. The van der Waals surface area contributed by atoms with E-state index in [1.54, 1.807) is 24.3 Å².